The molecule has 6 heteroatoms. The van der Waals surface area contributed by atoms with Crippen LogP contribution < -0.4 is 5.36 Å². The number of carbonyl (C=O) groups is 2. The predicted octanol–water partition coefficient (Wildman–Crippen LogP) is 6.86. The van der Waals surface area contributed by atoms with Crippen LogP contribution in [0, 0.1) is 20.8 Å². The second-order valence-corrected chi connectivity index (χ2v) is 9.68. The Morgan fingerprint density at radius 1 is 1.00 bits per heavy atom. The van der Waals surface area contributed by atoms with Gasteiger partial charge in [0, 0.05) is 54.7 Å². The molecule has 0 unspecified atom stereocenters. The lowest BCUT2D eigenvalue weighted by Gasteiger charge is -2.22. The van der Waals surface area contributed by atoms with Crippen LogP contribution >= 0.6 is 0 Å². The number of hydrogen-bond acceptors (Lipinski definition) is 5. The third kappa shape index (κ3) is 6.06. The molecule has 1 heterocycles. The van der Waals surface area contributed by atoms with Gasteiger partial charge in [0.1, 0.15) is 11.3 Å². The van der Waals surface area contributed by atoms with Crippen LogP contribution in [0.1, 0.15) is 67.9 Å². The highest BCUT2D eigenvalue weighted by Crippen LogP contribution is 2.42. The number of methoxy groups -OCH3 is 1. The first kappa shape index (κ1) is 21.0. The van der Waals surface area contributed by atoms with E-state index in [1.54, 1.807) is 33.0 Å². The van der Waals surface area contributed by atoms with Crippen LogP contribution in [-0.4, -0.2) is 44.0 Å². The first-order valence-corrected chi connectivity index (χ1v) is 13.2. The van der Waals surface area contributed by atoms with Crippen molar-refractivity contribution in [1.29, 1.82) is 0 Å². The lowest BCUT2D eigenvalue weighted by Crippen LogP contribution is -2.28. The van der Waals surface area contributed by atoms with Crippen LogP contribution in [0.5, 0.6) is 0 Å². The molecule has 0 aromatic heterocycles. The van der Waals surface area contributed by atoms with Gasteiger partial charge in [0.2, 0.25) is 0 Å². The highest BCUT2D eigenvalue weighted by atomic mass is 16.5. The molecule has 1 aliphatic heterocycles. The van der Waals surface area contributed by atoms with Crippen LogP contribution in [-0.2, 0) is 9.53 Å². The normalized spacial score (nSPS) is 13.9. The van der Waals surface area contributed by atoms with Gasteiger partial charge >= 0.3 is 5.97 Å². The van der Waals surface area contributed by atoms with Gasteiger partial charge in [0.05, 0.1) is 20.7 Å². The molecule has 2 aromatic rings. The summed E-state index contributed by atoms with van der Waals surface area (Å²) in [7, 11) is 2.91. The first-order chi connectivity index (χ1) is 21.3. The quantitative estimate of drug-likeness (QED) is 0.134. The Balaban J connectivity index is 2.05. The number of benzene rings is 3. The van der Waals surface area contributed by atoms with Crippen molar-refractivity contribution < 1.29 is 27.0 Å². The van der Waals surface area contributed by atoms with Crippen LogP contribution in [0.2, 0.25) is 0 Å². The maximum Gasteiger partial charge on any atom is 0.305 e. The van der Waals surface area contributed by atoms with Crippen molar-refractivity contribution in [3.63, 3.8) is 0 Å². The minimum Gasteiger partial charge on any atom is -0.469 e. The molecule has 0 saturated heterocycles. The number of unbranched alkanes of at least 4 members (excludes halogenated alkanes) is 2. The van der Waals surface area contributed by atoms with Crippen LogP contribution in [0.3, 0.4) is 0 Å². The number of rotatable bonds is 9. The average Bonchev–Trinajstić information content (AvgIpc) is 3.01. The topological polar surface area (TPSA) is 72.1 Å². The fraction of sp³-hybridized carbons (Fsp3) is 0.364. The van der Waals surface area contributed by atoms with E-state index in [4.69, 9.17) is 12.6 Å². The van der Waals surface area contributed by atoms with E-state index >= 15 is 0 Å². The summed E-state index contributed by atoms with van der Waals surface area (Å²) in [6.07, 6.45) is 2.09. The molecule has 0 bridgehead atoms. The summed E-state index contributed by atoms with van der Waals surface area (Å²) in [5.74, 6) is -0.791. The Bertz CT molecular complexity index is 1870. The van der Waals surface area contributed by atoms with Crippen molar-refractivity contribution in [3.05, 3.63) is 76.0 Å². The van der Waals surface area contributed by atoms with E-state index in [9.17, 15) is 9.59 Å². The molecular formula is C33H38N2O4. The number of nitrogens with zero attached hydrogens (tertiary/aromatic N) is 2. The Kier molecular flexibility index (Phi) is 6.60. The zero-order valence-electron chi connectivity index (χ0n) is 29.4. The summed E-state index contributed by atoms with van der Waals surface area (Å²) >= 11 is 0. The van der Waals surface area contributed by atoms with Gasteiger partial charge in [0.15, 0.2) is 0 Å². The van der Waals surface area contributed by atoms with Gasteiger partial charge in [-0.1, -0.05) is 24.5 Å². The van der Waals surface area contributed by atoms with Crippen LogP contribution in [0.25, 0.3) is 33.4 Å². The van der Waals surface area contributed by atoms with Gasteiger partial charge in [-0.25, -0.2) is 0 Å². The van der Waals surface area contributed by atoms with E-state index < -0.39 is 30.1 Å². The summed E-state index contributed by atoms with van der Waals surface area (Å²) in [5.41, 5.74) is 2.69. The minimum absolute atomic E-state index is 0.00888. The third-order valence-electron chi connectivity index (χ3n) is 6.87. The van der Waals surface area contributed by atoms with Gasteiger partial charge in [-0.3, -0.25) is 14.6 Å². The van der Waals surface area contributed by atoms with E-state index in [2.05, 4.69) is 9.73 Å². The molecule has 204 valence electrons. The van der Waals surface area contributed by atoms with Crippen LogP contribution in [0.4, 0.5) is 0 Å². The molecule has 39 heavy (non-hydrogen) atoms. The van der Waals surface area contributed by atoms with Crippen molar-refractivity contribution in [3.8, 4) is 22.5 Å². The second kappa shape index (κ2) is 12.3. The highest BCUT2D eigenvalue weighted by molar-refractivity contribution is 6.09. The smallest absolute Gasteiger partial charge is 0.305 e. The third-order valence-corrected chi connectivity index (χ3v) is 6.87. The van der Waals surface area contributed by atoms with Crippen molar-refractivity contribution in [2.45, 2.75) is 53.4 Å². The molecular weight excluding hydrogens is 488 g/mol. The van der Waals surface area contributed by atoms with E-state index in [1.165, 1.54) is 12.0 Å². The molecule has 6 nitrogen and oxygen atoms in total. The number of amides is 1. The molecule has 2 aliphatic rings. The summed E-state index contributed by atoms with van der Waals surface area (Å²) in [6.45, 7) is 8.01. The molecule has 1 aliphatic carbocycles. The van der Waals surface area contributed by atoms with Gasteiger partial charge in [-0.05, 0) is 87.0 Å². The molecule has 1 amide bonds. The standard InChI is InChI=1S/C33H38N2O4/c1-7-34-28-20-30-27(18-23(28)4)32(26-17-21(2)22(3)19-29(26)39-30)24-13-10-11-14-25(24)33(37)35(5)16-12-8-9-15-31(36)38-6/h10-11,13-14,17-20H,7-9,12,15-16H2,1-6H3/b34-28-/i10D,11D,13D,14D,19D,20D. The van der Waals surface area contributed by atoms with Crippen LogP contribution in [0.15, 0.2) is 57.8 Å². The number of aryl methyl sites for hydroxylation is 2. The van der Waals surface area contributed by atoms with Gasteiger partial charge in [-0.2, -0.15) is 0 Å². The minimum atomic E-state index is -0.595. The van der Waals surface area contributed by atoms with E-state index in [0.717, 1.165) is 5.56 Å². The molecule has 0 atom stereocenters. The number of esters is 1. The first-order valence-electron chi connectivity index (χ1n) is 16.2. The van der Waals surface area contributed by atoms with Crippen molar-refractivity contribution in [2.75, 3.05) is 27.2 Å². The van der Waals surface area contributed by atoms with Gasteiger partial charge in [0.25, 0.3) is 5.91 Å². The maximum absolute atomic E-state index is 14.1. The predicted molar refractivity (Wildman–Crippen MR) is 156 cm³/mol. The number of ether oxygens (including phenoxy) is 1. The van der Waals surface area contributed by atoms with Crippen molar-refractivity contribution in [2.24, 2.45) is 4.99 Å². The fourth-order valence-corrected chi connectivity index (χ4v) is 4.57. The Morgan fingerprint density at radius 2 is 1.77 bits per heavy atom. The van der Waals surface area contributed by atoms with E-state index in [1.807, 2.05) is 13.8 Å². The van der Waals surface area contributed by atoms with Gasteiger partial charge in [-0.15, -0.1) is 0 Å². The molecule has 0 saturated carbocycles. The largest absolute Gasteiger partial charge is 0.469 e. The summed E-state index contributed by atoms with van der Waals surface area (Å²) < 4.78 is 63.8. The number of fused-ring (bicyclic) bond motifs is 2. The molecule has 2 aromatic carbocycles. The summed E-state index contributed by atoms with van der Waals surface area (Å²) in [6, 6.07) is 1.70. The van der Waals surface area contributed by atoms with Gasteiger partial charge < -0.3 is 14.1 Å². The Labute approximate surface area is 239 Å². The average molecular weight is 533 g/mol. The molecule has 0 N–H and O–H groups in total. The Morgan fingerprint density at radius 3 is 2.51 bits per heavy atom. The summed E-state index contributed by atoms with van der Waals surface area (Å²) in [4.78, 5) is 31.5. The summed E-state index contributed by atoms with van der Waals surface area (Å²) in [5, 5.41) is 0.826. The molecule has 0 spiro atoms. The lowest BCUT2D eigenvalue weighted by atomic mass is 9.88. The number of carbonyl (C=O) groups excluding carboxylic acids is 2. The molecule has 0 radical (unpaired) electrons. The molecule has 0 fully saturated rings. The van der Waals surface area contributed by atoms with Crippen molar-refractivity contribution in [1.82, 2.24) is 4.90 Å². The van der Waals surface area contributed by atoms with E-state index in [0.29, 0.717) is 65.3 Å². The SMILES string of the molecule is [2H]c1c([2H])c([2H])c(-c2c3cc(C)/c(=N\CC)c([2H])c-3oc3c([2H])c(C)c(C)cc23)c(C(=O)N(C)CCCCCC(=O)OC)c1[2H]. The molecule has 4 rings (SSSR count). The second-order valence-electron chi connectivity index (χ2n) is 9.68. The number of hydrogen-bond donors (Lipinski definition) is 0. The Hall–Kier alpha value is -3.93. The van der Waals surface area contributed by atoms with Crippen molar-refractivity contribution >= 4 is 22.8 Å². The highest BCUT2D eigenvalue weighted by Gasteiger charge is 2.23. The van der Waals surface area contributed by atoms with E-state index in [-0.39, 0.29) is 46.9 Å². The zero-order valence-corrected chi connectivity index (χ0v) is 23.4. The monoisotopic (exact) mass is 532 g/mol. The zero-order chi connectivity index (χ0) is 33.3. The maximum atomic E-state index is 14.1. The fourth-order valence-electron chi connectivity index (χ4n) is 4.57. The lowest BCUT2D eigenvalue weighted by molar-refractivity contribution is -0.140.